The Morgan fingerprint density at radius 3 is 2.71 bits per heavy atom. The molecule has 3 heteroatoms. The van der Waals surface area contributed by atoms with E-state index in [-0.39, 0.29) is 5.56 Å². The summed E-state index contributed by atoms with van der Waals surface area (Å²) in [6, 6.07) is 12.2. The Kier molecular flexibility index (Phi) is 6.00. The van der Waals surface area contributed by atoms with Crippen LogP contribution in [0.1, 0.15) is 39.5 Å². The van der Waals surface area contributed by atoms with Gasteiger partial charge in [-0.05, 0) is 49.7 Å². The molecule has 1 atom stereocenters. The fourth-order valence-corrected chi connectivity index (χ4v) is 2.77. The maximum absolute atomic E-state index is 12.1. The standard InChI is InChI=1S/C18H26N2O/c1-3-13-19-16(4-2)9-7-14-20-17-10-6-5-8-15(17)11-12-18(20)21/h5-6,8,10-12,16,19H,3-4,7,9,13-14H2,1-2H3. The molecule has 0 saturated carbocycles. The number of rotatable bonds is 8. The number of fused-ring (bicyclic) bond motifs is 1. The summed E-state index contributed by atoms with van der Waals surface area (Å²) in [5, 5.41) is 4.70. The number of aromatic nitrogens is 1. The number of nitrogens with one attached hydrogen (secondary N) is 1. The minimum atomic E-state index is 0.100. The lowest BCUT2D eigenvalue weighted by molar-refractivity contribution is 0.440. The number of hydrogen-bond acceptors (Lipinski definition) is 2. The van der Waals surface area contributed by atoms with Crippen LogP contribution in [-0.2, 0) is 6.54 Å². The first-order chi connectivity index (χ1) is 10.3. The molecule has 21 heavy (non-hydrogen) atoms. The van der Waals surface area contributed by atoms with E-state index in [2.05, 4.69) is 25.2 Å². The van der Waals surface area contributed by atoms with E-state index in [4.69, 9.17) is 0 Å². The third kappa shape index (κ3) is 4.18. The van der Waals surface area contributed by atoms with Crippen LogP contribution >= 0.6 is 0 Å². The van der Waals surface area contributed by atoms with E-state index in [0.29, 0.717) is 6.04 Å². The van der Waals surface area contributed by atoms with Crippen molar-refractivity contribution in [1.82, 2.24) is 9.88 Å². The normalized spacial score (nSPS) is 12.7. The summed E-state index contributed by atoms with van der Waals surface area (Å²) in [5.41, 5.74) is 1.14. The number of nitrogens with zero attached hydrogens (tertiary/aromatic N) is 1. The van der Waals surface area contributed by atoms with Gasteiger partial charge in [0.15, 0.2) is 0 Å². The number of hydrogen-bond donors (Lipinski definition) is 1. The summed E-state index contributed by atoms with van der Waals surface area (Å²) in [7, 11) is 0. The van der Waals surface area contributed by atoms with E-state index < -0.39 is 0 Å². The quantitative estimate of drug-likeness (QED) is 0.805. The molecular weight excluding hydrogens is 260 g/mol. The zero-order chi connectivity index (χ0) is 15.1. The van der Waals surface area contributed by atoms with E-state index >= 15 is 0 Å². The molecule has 3 nitrogen and oxygen atoms in total. The summed E-state index contributed by atoms with van der Waals surface area (Å²) in [6.45, 7) is 6.28. The van der Waals surface area contributed by atoms with Crippen LogP contribution < -0.4 is 10.9 Å². The highest BCUT2D eigenvalue weighted by Crippen LogP contribution is 2.12. The van der Waals surface area contributed by atoms with Crippen molar-refractivity contribution < 1.29 is 0 Å². The van der Waals surface area contributed by atoms with Crippen molar-refractivity contribution >= 4 is 10.9 Å². The van der Waals surface area contributed by atoms with Crippen molar-refractivity contribution in [2.45, 2.75) is 52.1 Å². The first-order valence-corrected chi connectivity index (χ1v) is 8.08. The summed E-state index contributed by atoms with van der Waals surface area (Å²) >= 11 is 0. The highest BCUT2D eigenvalue weighted by molar-refractivity contribution is 5.78. The number of pyridine rings is 1. The second-order valence-corrected chi connectivity index (χ2v) is 5.58. The van der Waals surface area contributed by atoms with Gasteiger partial charge in [-0.2, -0.15) is 0 Å². The number of para-hydroxylation sites is 1. The average Bonchev–Trinajstić information content (AvgIpc) is 2.52. The number of aryl methyl sites for hydroxylation is 1. The third-order valence-corrected chi connectivity index (χ3v) is 4.01. The molecule has 0 bridgehead atoms. The molecule has 1 aromatic heterocycles. The molecule has 0 aliphatic heterocycles. The summed E-state index contributed by atoms with van der Waals surface area (Å²) in [6.07, 6.45) is 4.46. The van der Waals surface area contributed by atoms with Gasteiger partial charge in [-0.3, -0.25) is 4.79 Å². The molecule has 0 saturated heterocycles. The van der Waals surface area contributed by atoms with E-state index in [1.54, 1.807) is 6.07 Å². The van der Waals surface area contributed by atoms with Gasteiger partial charge in [-0.15, -0.1) is 0 Å². The molecule has 114 valence electrons. The smallest absolute Gasteiger partial charge is 0.251 e. The van der Waals surface area contributed by atoms with Crippen LogP contribution in [0.5, 0.6) is 0 Å². The average molecular weight is 286 g/mol. The minimum absolute atomic E-state index is 0.100. The molecule has 0 spiro atoms. The molecule has 0 aliphatic rings. The molecule has 0 amide bonds. The number of benzene rings is 1. The van der Waals surface area contributed by atoms with Crippen molar-refractivity contribution in [2.75, 3.05) is 6.54 Å². The van der Waals surface area contributed by atoms with Gasteiger partial charge in [0, 0.05) is 18.7 Å². The Labute approximate surface area is 127 Å². The molecule has 1 unspecified atom stereocenters. The molecule has 1 aromatic carbocycles. The van der Waals surface area contributed by atoms with Gasteiger partial charge in [0.1, 0.15) is 0 Å². The van der Waals surface area contributed by atoms with Crippen molar-refractivity contribution in [3.05, 3.63) is 46.8 Å². The van der Waals surface area contributed by atoms with Gasteiger partial charge in [-0.25, -0.2) is 0 Å². The topological polar surface area (TPSA) is 34.0 Å². The lowest BCUT2D eigenvalue weighted by Crippen LogP contribution is -2.29. The van der Waals surface area contributed by atoms with Crippen LogP contribution in [0, 0.1) is 0 Å². The Bertz CT molecular complexity index is 618. The Balaban J connectivity index is 2.03. The van der Waals surface area contributed by atoms with Crippen molar-refractivity contribution in [3.8, 4) is 0 Å². The van der Waals surface area contributed by atoms with Crippen molar-refractivity contribution in [2.24, 2.45) is 0 Å². The Hall–Kier alpha value is -1.61. The van der Waals surface area contributed by atoms with Crippen LogP contribution in [0.15, 0.2) is 41.2 Å². The van der Waals surface area contributed by atoms with Crippen molar-refractivity contribution in [3.63, 3.8) is 0 Å². The summed E-state index contributed by atoms with van der Waals surface area (Å²) in [4.78, 5) is 12.1. The maximum atomic E-state index is 12.1. The molecule has 0 radical (unpaired) electrons. The monoisotopic (exact) mass is 286 g/mol. The van der Waals surface area contributed by atoms with Crippen LogP contribution in [0.25, 0.3) is 10.9 Å². The zero-order valence-corrected chi connectivity index (χ0v) is 13.1. The van der Waals surface area contributed by atoms with Gasteiger partial charge < -0.3 is 9.88 Å². The first-order valence-electron chi connectivity index (χ1n) is 8.08. The predicted octanol–water partition coefficient (Wildman–Crippen LogP) is 3.56. The van der Waals surface area contributed by atoms with Gasteiger partial charge in [0.25, 0.3) is 5.56 Å². The molecule has 1 heterocycles. The lowest BCUT2D eigenvalue weighted by Gasteiger charge is -2.17. The molecule has 2 rings (SSSR count). The zero-order valence-electron chi connectivity index (χ0n) is 13.1. The van der Waals surface area contributed by atoms with E-state index in [1.807, 2.05) is 28.8 Å². The molecule has 1 N–H and O–H groups in total. The van der Waals surface area contributed by atoms with Crippen LogP contribution in [0.3, 0.4) is 0 Å². The second-order valence-electron chi connectivity index (χ2n) is 5.58. The van der Waals surface area contributed by atoms with Gasteiger partial charge in [0.05, 0.1) is 5.52 Å². The second kappa shape index (κ2) is 7.99. The van der Waals surface area contributed by atoms with Crippen molar-refractivity contribution in [1.29, 1.82) is 0 Å². The highest BCUT2D eigenvalue weighted by Gasteiger charge is 2.06. The van der Waals surface area contributed by atoms with Crippen LogP contribution in [-0.4, -0.2) is 17.2 Å². The van der Waals surface area contributed by atoms with Gasteiger partial charge in [0.2, 0.25) is 0 Å². The Morgan fingerprint density at radius 1 is 1.14 bits per heavy atom. The Morgan fingerprint density at radius 2 is 1.95 bits per heavy atom. The minimum Gasteiger partial charge on any atom is -0.314 e. The SMILES string of the molecule is CCCNC(CC)CCCn1c(=O)ccc2ccccc21. The third-order valence-electron chi connectivity index (χ3n) is 4.01. The van der Waals surface area contributed by atoms with Crippen LogP contribution in [0.2, 0.25) is 0 Å². The van der Waals surface area contributed by atoms with E-state index in [1.165, 1.54) is 6.42 Å². The van der Waals surface area contributed by atoms with E-state index in [9.17, 15) is 4.79 Å². The fourth-order valence-electron chi connectivity index (χ4n) is 2.77. The van der Waals surface area contributed by atoms with Gasteiger partial charge >= 0.3 is 0 Å². The summed E-state index contributed by atoms with van der Waals surface area (Å²) in [5.74, 6) is 0. The molecular formula is C18H26N2O. The molecule has 0 fully saturated rings. The summed E-state index contributed by atoms with van der Waals surface area (Å²) < 4.78 is 1.90. The largest absolute Gasteiger partial charge is 0.314 e. The van der Waals surface area contributed by atoms with Crippen LogP contribution in [0.4, 0.5) is 0 Å². The lowest BCUT2D eigenvalue weighted by atomic mass is 10.1. The van der Waals surface area contributed by atoms with Gasteiger partial charge in [-0.1, -0.05) is 32.0 Å². The molecule has 2 aromatic rings. The highest BCUT2D eigenvalue weighted by atomic mass is 16.1. The fraction of sp³-hybridized carbons (Fsp3) is 0.500. The molecule has 0 aliphatic carbocycles. The maximum Gasteiger partial charge on any atom is 0.251 e. The first kappa shape index (κ1) is 15.8. The predicted molar refractivity (Wildman–Crippen MR) is 89.8 cm³/mol. The van der Waals surface area contributed by atoms with E-state index in [0.717, 1.165) is 43.3 Å².